The predicted octanol–water partition coefficient (Wildman–Crippen LogP) is 1.02. The topological polar surface area (TPSA) is 35.2 Å². The van der Waals surface area contributed by atoms with Crippen molar-refractivity contribution in [2.24, 2.45) is 0 Å². The first-order valence-electron chi connectivity index (χ1n) is 5.95. The van der Waals surface area contributed by atoms with Crippen LogP contribution in [0.15, 0.2) is 0 Å². The minimum atomic E-state index is 0.0310. The third-order valence-corrected chi connectivity index (χ3v) is 3.58. The predicted molar refractivity (Wildman–Crippen MR) is 55.8 cm³/mol. The maximum absolute atomic E-state index is 10.8. The van der Waals surface area contributed by atoms with Crippen molar-refractivity contribution in [3.05, 3.63) is 0 Å². The normalized spacial score (nSPS) is 31.9. The van der Waals surface area contributed by atoms with Gasteiger partial charge in [-0.15, -0.1) is 0 Å². The first-order valence-corrected chi connectivity index (χ1v) is 5.95. The summed E-state index contributed by atoms with van der Waals surface area (Å²) in [5, 5.41) is 14.1. The summed E-state index contributed by atoms with van der Waals surface area (Å²) in [7, 11) is 0. The molecule has 1 atom stereocenters. The standard InChI is InChI=1S/C11H21N2O/c14-9-10-8-13(7-6-12-10)11-4-2-1-3-5-11/h10-12H,1-9H2. The third-order valence-electron chi connectivity index (χ3n) is 3.58. The van der Waals surface area contributed by atoms with E-state index in [0.717, 1.165) is 25.7 Å². The van der Waals surface area contributed by atoms with E-state index >= 15 is 0 Å². The van der Waals surface area contributed by atoms with Crippen LogP contribution in [0.25, 0.3) is 0 Å². The fraction of sp³-hybridized carbons (Fsp3) is 1.00. The van der Waals surface area contributed by atoms with Crippen LogP contribution >= 0.6 is 0 Å². The molecule has 1 aliphatic carbocycles. The van der Waals surface area contributed by atoms with Gasteiger partial charge in [0.1, 0.15) is 0 Å². The summed E-state index contributed by atoms with van der Waals surface area (Å²) in [6, 6.07) is 0.977. The van der Waals surface area contributed by atoms with E-state index in [1.807, 2.05) is 0 Å². The third kappa shape index (κ3) is 2.47. The van der Waals surface area contributed by atoms with Crippen molar-refractivity contribution < 1.29 is 5.11 Å². The smallest absolute Gasteiger partial charge is 0.0987 e. The Kier molecular flexibility index (Phi) is 3.79. The minimum Gasteiger partial charge on any atom is -0.309 e. The molecule has 0 bridgehead atoms. The average Bonchev–Trinajstić information content (AvgIpc) is 2.30. The fourth-order valence-corrected chi connectivity index (χ4v) is 2.74. The molecule has 1 unspecified atom stereocenters. The van der Waals surface area contributed by atoms with Crippen LogP contribution in [0, 0.1) is 0 Å². The first kappa shape index (κ1) is 10.4. The molecule has 0 spiro atoms. The Bertz CT molecular complexity index is 169. The van der Waals surface area contributed by atoms with E-state index < -0.39 is 0 Å². The Hall–Kier alpha value is -0.120. The molecular formula is C11H21N2O. The van der Waals surface area contributed by atoms with Gasteiger partial charge >= 0.3 is 0 Å². The van der Waals surface area contributed by atoms with E-state index in [9.17, 15) is 5.11 Å². The zero-order chi connectivity index (χ0) is 9.80. The van der Waals surface area contributed by atoms with Crippen LogP contribution in [0.2, 0.25) is 0 Å². The van der Waals surface area contributed by atoms with Gasteiger partial charge in [-0.05, 0) is 12.8 Å². The number of nitrogens with zero attached hydrogens (tertiary/aromatic N) is 1. The van der Waals surface area contributed by atoms with Crippen molar-refractivity contribution in [1.29, 1.82) is 0 Å². The summed E-state index contributed by atoms with van der Waals surface area (Å²) < 4.78 is 0. The van der Waals surface area contributed by atoms with Gasteiger partial charge in [-0.3, -0.25) is 4.90 Å². The molecule has 1 heterocycles. The quantitative estimate of drug-likeness (QED) is 0.717. The van der Waals surface area contributed by atoms with Gasteiger partial charge in [0, 0.05) is 31.7 Å². The Morgan fingerprint density at radius 3 is 2.71 bits per heavy atom. The highest BCUT2D eigenvalue weighted by Crippen LogP contribution is 2.23. The molecule has 2 fully saturated rings. The maximum Gasteiger partial charge on any atom is 0.0987 e. The summed E-state index contributed by atoms with van der Waals surface area (Å²) in [6.45, 7) is 3.15. The largest absolute Gasteiger partial charge is 0.309 e. The van der Waals surface area contributed by atoms with Gasteiger partial charge in [-0.2, -0.15) is 0 Å². The van der Waals surface area contributed by atoms with E-state index in [4.69, 9.17) is 0 Å². The second kappa shape index (κ2) is 5.10. The second-order valence-corrected chi connectivity index (χ2v) is 4.60. The molecule has 0 aromatic heterocycles. The molecule has 2 rings (SSSR count). The number of rotatable bonds is 2. The fourth-order valence-electron chi connectivity index (χ4n) is 2.74. The van der Waals surface area contributed by atoms with Crippen LogP contribution in [-0.4, -0.2) is 43.2 Å². The summed E-state index contributed by atoms with van der Waals surface area (Å²) >= 11 is 0. The Morgan fingerprint density at radius 2 is 2.00 bits per heavy atom. The van der Waals surface area contributed by atoms with Crippen molar-refractivity contribution >= 4 is 0 Å². The lowest BCUT2D eigenvalue weighted by Gasteiger charge is -2.39. The molecule has 3 nitrogen and oxygen atoms in total. The zero-order valence-electron chi connectivity index (χ0n) is 8.87. The lowest BCUT2D eigenvalue weighted by Crippen LogP contribution is -2.55. The van der Waals surface area contributed by atoms with Gasteiger partial charge in [-0.1, -0.05) is 19.3 Å². The van der Waals surface area contributed by atoms with Crippen molar-refractivity contribution in [2.75, 3.05) is 26.2 Å². The average molecular weight is 197 g/mol. The number of nitrogens with one attached hydrogen (secondary N) is 1. The zero-order valence-corrected chi connectivity index (χ0v) is 8.87. The Labute approximate surface area is 86.5 Å². The molecule has 14 heavy (non-hydrogen) atoms. The van der Waals surface area contributed by atoms with Crippen molar-refractivity contribution in [3.63, 3.8) is 0 Å². The van der Waals surface area contributed by atoms with E-state index in [1.165, 1.54) is 32.1 Å². The summed E-state index contributed by atoms with van der Waals surface area (Å²) in [5.41, 5.74) is 0. The first-order chi connectivity index (χ1) is 6.90. The SMILES string of the molecule is [O]CC1CN(C2CCCCC2)CCN1. The highest BCUT2D eigenvalue weighted by atomic mass is 16.3. The van der Waals surface area contributed by atoms with Crippen molar-refractivity contribution in [2.45, 2.75) is 44.2 Å². The minimum absolute atomic E-state index is 0.0310. The molecule has 2 aliphatic rings. The van der Waals surface area contributed by atoms with Gasteiger partial charge in [0.25, 0.3) is 0 Å². The second-order valence-electron chi connectivity index (χ2n) is 4.60. The molecule has 1 aliphatic heterocycles. The molecule has 1 saturated heterocycles. The number of hydrogen-bond acceptors (Lipinski definition) is 2. The molecule has 0 aromatic carbocycles. The highest BCUT2D eigenvalue weighted by Gasteiger charge is 2.26. The Balaban J connectivity index is 1.83. The summed E-state index contributed by atoms with van der Waals surface area (Å²) in [5.74, 6) is 0. The molecule has 0 aromatic rings. The van der Waals surface area contributed by atoms with Crippen LogP contribution in [0.1, 0.15) is 32.1 Å². The molecule has 0 amide bonds. The molecule has 1 N–H and O–H groups in total. The number of hydrogen-bond donors (Lipinski definition) is 1. The van der Waals surface area contributed by atoms with Crippen LogP contribution < -0.4 is 5.32 Å². The van der Waals surface area contributed by atoms with Crippen LogP contribution in [0.5, 0.6) is 0 Å². The van der Waals surface area contributed by atoms with Crippen LogP contribution in [-0.2, 0) is 5.11 Å². The molecule has 81 valence electrons. The lowest BCUT2D eigenvalue weighted by molar-refractivity contribution is 0.0735. The van der Waals surface area contributed by atoms with E-state index in [1.54, 1.807) is 0 Å². The molecular weight excluding hydrogens is 176 g/mol. The van der Waals surface area contributed by atoms with E-state index in [2.05, 4.69) is 10.2 Å². The monoisotopic (exact) mass is 197 g/mol. The molecule has 1 radical (unpaired) electrons. The van der Waals surface area contributed by atoms with Crippen LogP contribution in [0.3, 0.4) is 0 Å². The summed E-state index contributed by atoms with van der Waals surface area (Å²) in [6.07, 6.45) is 6.89. The van der Waals surface area contributed by atoms with Gasteiger partial charge in [0.15, 0.2) is 0 Å². The summed E-state index contributed by atoms with van der Waals surface area (Å²) in [4.78, 5) is 2.54. The van der Waals surface area contributed by atoms with Crippen molar-refractivity contribution in [1.82, 2.24) is 10.2 Å². The maximum atomic E-state index is 10.8. The lowest BCUT2D eigenvalue weighted by atomic mass is 9.93. The van der Waals surface area contributed by atoms with Crippen molar-refractivity contribution in [3.8, 4) is 0 Å². The number of piperazine rings is 1. The molecule has 3 heteroatoms. The van der Waals surface area contributed by atoms with Gasteiger partial charge < -0.3 is 5.32 Å². The van der Waals surface area contributed by atoms with E-state index in [-0.39, 0.29) is 12.6 Å². The van der Waals surface area contributed by atoms with E-state index in [0.29, 0.717) is 0 Å². The highest BCUT2D eigenvalue weighted by molar-refractivity contribution is 4.84. The molecule has 1 saturated carbocycles. The Morgan fingerprint density at radius 1 is 1.21 bits per heavy atom. The van der Waals surface area contributed by atoms with Gasteiger partial charge in [0.2, 0.25) is 0 Å². The van der Waals surface area contributed by atoms with Crippen LogP contribution in [0.4, 0.5) is 0 Å². The van der Waals surface area contributed by atoms with Gasteiger partial charge in [-0.25, -0.2) is 5.11 Å². The van der Waals surface area contributed by atoms with Gasteiger partial charge in [0.05, 0.1) is 6.61 Å².